The van der Waals surface area contributed by atoms with Crippen molar-refractivity contribution in [1.29, 1.82) is 0 Å². The second kappa shape index (κ2) is 9.96. The van der Waals surface area contributed by atoms with Gasteiger partial charge < -0.3 is 19.5 Å². The molecule has 6 heteroatoms. The summed E-state index contributed by atoms with van der Waals surface area (Å²) in [6.45, 7) is 2.89. The molecule has 2 aromatic rings. The minimum absolute atomic E-state index is 0.0427. The maximum Gasteiger partial charge on any atom is 0.338 e. The minimum Gasteiger partial charge on any atom is -0.491 e. The van der Waals surface area contributed by atoms with Crippen molar-refractivity contribution < 1.29 is 23.8 Å². The molecule has 1 aliphatic heterocycles. The molecule has 1 saturated heterocycles. The largest absolute Gasteiger partial charge is 0.491 e. The Balaban J connectivity index is 1.28. The Morgan fingerprint density at radius 3 is 2.68 bits per heavy atom. The van der Waals surface area contributed by atoms with E-state index in [2.05, 4.69) is 17.4 Å². The smallest absolute Gasteiger partial charge is 0.338 e. The second-order valence-electron chi connectivity index (χ2n) is 8.17. The number of amides is 1. The maximum absolute atomic E-state index is 12.6. The van der Waals surface area contributed by atoms with Crippen LogP contribution in [-0.4, -0.2) is 37.3 Å². The van der Waals surface area contributed by atoms with Gasteiger partial charge in [-0.1, -0.05) is 24.3 Å². The van der Waals surface area contributed by atoms with E-state index in [0.29, 0.717) is 17.9 Å². The van der Waals surface area contributed by atoms with Gasteiger partial charge >= 0.3 is 5.97 Å². The van der Waals surface area contributed by atoms with Crippen molar-refractivity contribution >= 4 is 11.9 Å². The number of carbonyl (C=O) groups is 2. The molecule has 1 aliphatic carbocycles. The van der Waals surface area contributed by atoms with Crippen molar-refractivity contribution in [3.8, 4) is 5.75 Å². The van der Waals surface area contributed by atoms with Crippen LogP contribution >= 0.6 is 0 Å². The Morgan fingerprint density at radius 1 is 1.10 bits per heavy atom. The van der Waals surface area contributed by atoms with Gasteiger partial charge in [0.15, 0.2) is 6.10 Å². The summed E-state index contributed by atoms with van der Waals surface area (Å²) in [5.41, 5.74) is 2.80. The lowest BCUT2D eigenvalue weighted by Crippen LogP contribution is -2.39. The average molecular weight is 424 g/mol. The third-order valence-corrected chi connectivity index (χ3v) is 5.89. The van der Waals surface area contributed by atoms with Gasteiger partial charge in [0.2, 0.25) is 0 Å². The van der Waals surface area contributed by atoms with Gasteiger partial charge in [0.25, 0.3) is 5.91 Å². The highest BCUT2D eigenvalue weighted by atomic mass is 16.5. The number of carbonyl (C=O) groups excluding carboxylic acids is 2. The molecular formula is C25H29NO5. The molecule has 0 saturated carbocycles. The quantitative estimate of drug-likeness (QED) is 0.682. The first-order chi connectivity index (χ1) is 15.1. The summed E-state index contributed by atoms with van der Waals surface area (Å²) < 4.78 is 16.7. The molecular weight excluding hydrogens is 394 g/mol. The number of aryl methyl sites for hydroxylation is 1. The van der Waals surface area contributed by atoms with Crippen LogP contribution in [0.2, 0.25) is 0 Å². The molecule has 3 atom stereocenters. The van der Waals surface area contributed by atoms with Gasteiger partial charge in [0, 0.05) is 6.61 Å². The molecule has 0 aromatic heterocycles. The Kier molecular flexibility index (Phi) is 6.87. The Bertz CT molecular complexity index is 904. The topological polar surface area (TPSA) is 73.9 Å². The van der Waals surface area contributed by atoms with Gasteiger partial charge in [-0.2, -0.15) is 0 Å². The van der Waals surface area contributed by atoms with Crippen LogP contribution in [0.5, 0.6) is 5.75 Å². The summed E-state index contributed by atoms with van der Waals surface area (Å²) in [5, 5.41) is 3.04. The normalized spacial score (nSPS) is 21.1. The SMILES string of the molecule is C[C@@H](OC(=O)c1ccc(OC[C@@H]2CCCO2)cc1)C(=O)N[C@H]1CCCc2ccccc21. The lowest BCUT2D eigenvalue weighted by molar-refractivity contribution is -0.130. The van der Waals surface area contributed by atoms with E-state index in [1.807, 2.05) is 12.1 Å². The van der Waals surface area contributed by atoms with Crippen LogP contribution in [0.1, 0.15) is 60.1 Å². The van der Waals surface area contributed by atoms with Crippen molar-refractivity contribution in [3.05, 3.63) is 65.2 Å². The molecule has 31 heavy (non-hydrogen) atoms. The van der Waals surface area contributed by atoms with Gasteiger partial charge in [0.1, 0.15) is 12.4 Å². The number of rotatable bonds is 7. The summed E-state index contributed by atoms with van der Waals surface area (Å²) in [5.74, 6) is -0.141. The number of nitrogens with one attached hydrogen (secondary N) is 1. The highest BCUT2D eigenvalue weighted by Crippen LogP contribution is 2.29. The standard InChI is InChI=1S/C25H29NO5/c1-17(24(27)26-23-10-4-7-18-6-2-3-9-22(18)23)31-25(28)19-11-13-20(14-12-19)30-16-21-8-5-15-29-21/h2-3,6,9,11-14,17,21,23H,4-5,7-8,10,15-16H2,1H3,(H,26,27)/t17-,21+,23+/m1/s1. The Morgan fingerprint density at radius 2 is 1.90 bits per heavy atom. The van der Waals surface area contributed by atoms with Crippen LogP contribution in [0, 0.1) is 0 Å². The van der Waals surface area contributed by atoms with Crippen LogP contribution in [0.3, 0.4) is 0 Å². The number of esters is 1. The number of hydrogen-bond donors (Lipinski definition) is 1. The van der Waals surface area contributed by atoms with Gasteiger partial charge in [-0.15, -0.1) is 0 Å². The summed E-state index contributed by atoms with van der Waals surface area (Å²) >= 11 is 0. The van der Waals surface area contributed by atoms with E-state index in [4.69, 9.17) is 14.2 Å². The molecule has 1 fully saturated rings. The molecule has 164 valence electrons. The summed E-state index contributed by atoms with van der Waals surface area (Å²) in [6.07, 6.45) is 4.28. The summed E-state index contributed by atoms with van der Waals surface area (Å²) in [6, 6.07) is 14.9. The lowest BCUT2D eigenvalue weighted by Gasteiger charge is -2.27. The molecule has 4 rings (SSSR count). The second-order valence-corrected chi connectivity index (χ2v) is 8.17. The highest BCUT2D eigenvalue weighted by Gasteiger charge is 2.25. The zero-order chi connectivity index (χ0) is 21.6. The van der Waals surface area contributed by atoms with Gasteiger partial charge in [-0.05, 0) is 74.4 Å². The van der Waals surface area contributed by atoms with E-state index in [1.165, 1.54) is 5.56 Å². The Labute approximate surface area is 182 Å². The van der Waals surface area contributed by atoms with Gasteiger partial charge in [0.05, 0.1) is 17.7 Å². The number of fused-ring (bicyclic) bond motifs is 1. The first-order valence-corrected chi connectivity index (χ1v) is 11.0. The molecule has 1 N–H and O–H groups in total. The Hall–Kier alpha value is -2.86. The monoisotopic (exact) mass is 423 g/mol. The maximum atomic E-state index is 12.6. The highest BCUT2D eigenvalue weighted by molar-refractivity contribution is 5.92. The van der Waals surface area contributed by atoms with E-state index >= 15 is 0 Å². The van der Waals surface area contributed by atoms with E-state index in [9.17, 15) is 9.59 Å². The molecule has 2 aliphatic rings. The van der Waals surface area contributed by atoms with Gasteiger partial charge in [-0.3, -0.25) is 4.79 Å². The van der Waals surface area contributed by atoms with E-state index < -0.39 is 12.1 Å². The minimum atomic E-state index is -0.878. The van der Waals surface area contributed by atoms with Crippen molar-refractivity contribution in [1.82, 2.24) is 5.32 Å². The van der Waals surface area contributed by atoms with E-state index in [0.717, 1.165) is 44.3 Å². The number of ether oxygens (including phenoxy) is 3. The summed E-state index contributed by atoms with van der Waals surface area (Å²) in [7, 11) is 0. The first-order valence-electron chi connectivity index (χ1n) is 11.0. The molecule has 1 amide bonds. The van der Waals surface area contributed by atoms with Crippen molar-refractivity contribution in [2.24, 2.45) is 0 Å². The van der Waals surface area contributed by atoms with Crippen molar-refractivity contribution in [2.75, 3.05) is 13.2 Å². The first kappa shape index (κ1) is 21.4. The van der Waals surface area contributed by atoms with Crippen LogP contribution < -0.4 is 10.1 Å². The van der Waals surface area contributed by atoms with Gasteiger partial charge in [-0.25, -0.2) is 4.79 Å². The molecule has 6 nitrogen and oxygen atoms in total. The van der Waals surface area contributed by atoms with Crippen LogP contribution in [0.4, 0.5) is 0 Å². The zero-order valence-electron chi connectivity index (χ0n) is 17.8. The fraction of sp³-hybridized carbons (Fsp3) is 0.440. The van der Waals surface area contributed by atoms with E-state index in [-0.39, 0.29) is 18.1 Å². The number of hydrogen-bond acceptors (Lipinski definition) is 5. The zero-order valence-corrected chi connectivity index (χ0v) is 17.8. The predicted molar refractivity (Wildman–Crippen MR) is 116 cm³/mol. The van der Waals surface area contributed by atoms with Crippen LogP contribution in [0.15, 0.2) is 48.5 Å². The van der Waals surface area contributed by atoms with Crippen LogP contribution in [0.25, 0.3) is 0 Å². The predicted octanol–water partition coefficient (Wildman–Crippen LogP) is 3.98. The third-order valence-electron chi connectivity index (χ3n) is 5.89. The molecule has 0 spiro atoms. The molecule has 0 radical (unpaired) electrons. The average Bonchev–Trinajstić information content (AvgIpc) is 3.32. The fourth-order valence-corrected chi connectivity index (χ4v) is 4.13. The number of benzene rings is 2. The molecule has 2 aromatic carbocycles. The molecule has 0 unspecified atom stereocenters. The van der Waals surface area contributed by atoms with E-state index in [1.54, 1.807) is 31.2 Å². The fourth-order valence-electron chi connectivity index (χ4n) is 4.13. The third kappa shape index (κ3) is 5.44. The van der Waals surface area contributed by atoms with Crippen molar-refractivity contribution in [3.63, 3.8) is 0 Å². The van der Waals surface area contributed by atoms with Crippen molar-refractivity contribution in [2.45, 2.75) is 57.3 Å². The lowest BCUT2D eigenvalue weighted by atomic mass is 9.87. The molecule has 0 bridgehead atoms. The summed E-state index contributed by atoms with van der Waals surface area (Å²) in [4.78, 5) is 25.1. The van der Waals surface area contributed by atoms with Crippen LogP contribution in [-0.2, 0) is 20.7 Å². The molecule has 1 heterocycles.